The highest BCUT2D eigenvalue weighted by Crippen LogP contribution is 1.97. The Hall–Kier alpha value is -1.85. The highest BCUT2D eigenvalue weighted by Gasteiger charge is 1.93. The molecule has 1 rings (SSSR count). The van der Waals surface area contributed by atoms with E-state index in [0.717, 1.165) is 0 Å². The molecule has 1 aromatic heterocycles. The summed E-state index contributed by atoms with van der Waals surface area (Å²) in [6.45, 7) is 7.50. The molecule has 6 N–H and O–H groups in total. The maximum atomic E-state index is 5.14. The fourth-order valence-electron chi connectivity index (χ4n) is 0.427. The average Bonchev–Trinajstić information content (AvgIpc) is 1.80. The Balaban J connectivity index is 0.000000310. The molecule has 1 aromatic rings. The van der Waals surface area contributed by atoms with Gasteiger partial charge in [-0.1, -0.05) is 5.57 Å². The first-order chi connectivity index (χ1) is 5.91. The molecular weight excluding hydrogens is 168 g/mol. The van der Waals surface area contributed by atoms with Crippen LogP contribution in [0.5, 0.6) is 0 Å². The third kappa shape index (κ3) is 6.54. The molecule has 6 nitrogen and oxygen atoms in total. The summed E-state index contributed by atoms with van der Waals surface area (Å²) in [7, 11) is 0. The van der Waals surface area contributed by atoms with Gasteiger partial charge in [-0.25, -0.2) is 0 Å². The Morgan fingerprint density at radius 1 is 0.923 bits per heavy atom. The number of nitrogens with two attached hydrogens (primary N) is 3. The lowest BCUT2D eigenvalue weighted by atomic mass is 10.4. The molecule has 0 aliphatic rings. The van der Waals surface area contributed by atoms with E-state index in [1.165, 1.54) is 5.57 Å². The zero-order valence-electron chi connectivity index (χ0n) is 7.78. The Morgan fingerprint density at radius 3 is 1.23 bits per heavy atom. The monoisotopic (exact) mass is 182 g/mol. The van der Waals surface area contributed by atoms with Crippen LogP contribution in [0.1, 0.15) is 13.8 Å². The molecule has 0 saturated heterocycles. The third-order valence-corrected chi connectivity index (χ3v) is 0.687. The van der Waals surface area contributed by atoms with E-state index in [2.05, 4.69) is 21.5 Å². The van der Waals surface area contributed by atoms with Crippen molar-refractivity contribution >= 4 is 17.8 Å². The molecule has 0 aliphatic heterocycles. The minimum absolute atomic E-state index is 0.0417. The molecule has 0 radical (unpaired) electrons. The van der Waals surface area contributed by atoms with Gasteiger partial charge in [0.05, 0.1) is 0 Å². The maximum Gasteiger partial charge on any atom is 0.226 e. The van der Waals surface area contributed by atoms with Gasteiger partial charge in [0, 0.05) is 0 Å². The minimum atomic E-state index is 0.0417. The van der Waals surface area contributed by atoms with Gasteiger partial charge in [0.2, 0.25) is 17.8 Å². The normalized spacial score (nSPS) is 8.46. The zero-order valence-corrected chi connectivity index (χ0v) is 7.78. The summed E-state index contributed by atoms with van der Waals surface area (Å²) >= 11 is 0. The van der Waals surface area contributed by atoms with Crippen molar-refractivity contribution < 1.29 is 0 Å². The molecule has 1 heterocycles. The molecule has 0 saturated carbocycles. The van der Waals surface area contributed by atoms with E-state index in [4.69, 9.17) is 17.2 Å². The molecule has 6 heteroatoms. The second kappa shape index (κ2) is 4.91. The fourth-order valence-corrected chi connectivity index (χ4v) is 0.427. The number of anilines is 3. The van der Waals surface area contributed by atoms with Crippen molar-refractivity contribution in [3.05, 3.63) is 12.2 Å². The number of hydrogen-bond acceptors (Lipinski definition) is 6. The third-order valence-electron chi connectivity index (χ3n) is 0.687. The molecule has 13 heavy (non-hydrogen) atoms. The van der Waals surface area contributed by atoms with Crippen LogP contribution in [0.2, 0.25) is 0 Å². The van der Waals surface area contributed by atoms with Crippen molar-refractivity contribution in [3.63, 3.8) is 0 Å². The Morgan fingerprint density at radius 2 is 1.08 bits per heavy atom. The minimum Gasteiger partial charge on any atom is -0.368 e. The smallest absolute Gasteiger partial charge is 0.226 e. The Labute approximate surface area is 76.9 Å². The van der Waals surface area contributed by atoms with Gasteiger partial charge in [-0.05, 0) is 13.8 Å². The predicted octanol–water partition coefficient (Wildman–Crippen LogP) is 0.201. The lowest BCUT2D eigenvalue weighted by molar-refractivity contribution is 1.09. The molecule has 0 aliphatic carbocycles. The number of nitrogen functional groups attached to an aromatic ring is 3. The first kappa shape index (κ1) is 11.2. The van der Waals surface area contributed by atoms with Crippen molar-refractivity contribution in [2.24, 2.45) is 0 Å². The van der Waals surface area contributed by atoms with Crippen molar-refractivity contribution in [3.8, 4) is 0 Å². The number of nitrogens with zero attached hydrogens (tertiary/aromatic N) is 3. The quantitative estimate of drug-likeness (QED) is 0.493. The molecule has 0 bridgehead atoms. The van der Waals surface area contributed by atoms with Crippen LogP contribution in [0, 0.1) is 0 Å². The Bertz CT molecular complexity index is 241. The first-order valence-corrected chi connectivity index (χ1v) is 3.56. The van der Waals surface area contributed by atoms with Crippen molar-refractivity contribution in [2.45, 2.75) is 13.8 Å². The van der Waals surface area contributed by atoms with Gasteiger partial charge in [0.25, 0.3) is 0 Å². The SMILES string of the molecule is C=C(C)C.Nc1nc(N)nc(N)n1. The fraction of sp³-hybridized carbons (Fsp3) is 0.286. The van der Waals surface area contributed by atoms with E-state index in [9.17, 15) is 0 Å². The van der Waals surface area contributed by atoms with E-state index in [0.29, 0.717) is 0 Å². The molecule has 0 fully saturated rings. The van der Waals surface area contributed by atoms with Crippen LogP contribution in [0.15, 0.2) is 12.2 Å². The van der Waals surface area contributed by atoms with Crippen molar-refractivity contribution in [1.29, 1.82) is 0 Å². The van der Waals surface area contributed by atoms with Gasteiger partial charge in [-0.15, -0.1) is 6.58 Å². The molecule has 0 aromatic carbocycles. The Kier molecular flexibility index (Phi) is 4.21. The number of rotatable bonds is 0. The lowest BCUT2D eigenvalue weighted by Gasteiger charge is -1.93. The summed E-state index contributed by atoms with van der Waals surface area (Å²) < 4.78 is 0. The van der Waals surface area contributed by atoms with Crippen LogP contribution in [-0.4, -0.2) is 15.0 Å². The van der Waals surface area contributed by atoms with Gasteiger partial charge < -0.3 is 17.2 Å². The van der Waals surface area contributed by atoms with E-state index < -0.39 is 0 Å². The van der Waals surface area contributed by atoms with E-state index >= 15 is 0 Å². The molecule has 0 unspecified atom stereocenters. The van der Waals surface area contributed by atoms with Crippen molar-refractivity contribution in [2.75, 3.05) is 17.2 Å². The standard InChI is InChI=1S/C4H8.C3H6N6/c1-4(2)3;4-1-7-2(5)9-3(6)8-1/h1H2,2-3H3;(H6,4,5,6,7,8,9). The number of allylic oxidation sites excluding steroid dienone is 1. The van der Waals surface area contributed by atoms with Crippen LogP contribution in [0.4, 0.5) is 17.8 Å². The largest absolute Gasteiger partial charge is 0.368 e. The predicted molar refractivity (Wildman–Crippen MR) is 53.6 cm³/mol. The van der Waals surface area contributed by atoms with Gasteiger partial charge in [0.15, 0.2) is 0 Å². The zero-order chi connectivity index (χ0) is 10.4. The second-order valence-corrected chi connectivity index (χ2v) is 2.62. The van der Waals surface area contributed by atoms with Crippen LogP contribution in [0.25, 0.3) is 0 Å². The summed E-state index contributed by atoms with van der Waals surface area (Å²) in [4.78, 5) is 10.5. The van der Waals surface area contributed by atoms with Gasteiger partial charge in [0.1, 0.15) is 0 Å². The van der Waals surface area contributed by atoms with E-state index in [-0.39, 0.29) is 17.8 Å². The summed E-state index contributed by atoms with van der Waals surface area (Å²) in [5, 5.41) is 0. The van der Waals surface area contributed by atoms with Gasteiger partial charge in [-0.2, -0.15) is 15.0 Å². The van der Waals surface area contributed by atoms with Crippen LogP contribution in [-0.2, 0) is 0 Å². The topological polar surface area (TPSA) is 117 Å². The lowest BCUT2D eigenvalue weighted by Crippen LogP contribution is -2.05. The van der Waals surface area contributed by atoms with Crippen LogP contribution in [0.3, 0.4) is 0 Å². The summed E-state index contributed by atoms with van der Waals surface area (Å²) in [5.41, 5.74) is 16.6. The van der Waals surface area contributed by atoms with Crippen LogP contribution < -0.4 is 17.2 Å². The maximum absolute atomic E-state index is 5.14. The van der Waals surface area contributed by atoms with Gasteiger partial charge >= 0.3 is 0 Å². The summed E-state index contributed by atoms with van der Waals surface area (Å²) in [6, 6.07) is 0. The highest BCUT2D eigenvalue weighted by molar-refractivity contribution is 5.33. The molecule has 0 amide bonds. The summed E-state index contributed by atoms with van der Waals surface area (Å²) in [6.07, 6.45) is 0. The second-order valence-electron chi connectivity index (χ2n) is 2.62. The van der Waals surface area contributed by atoms with Crippen molar-refractivity contribution in [1.82, 2.24) is 15.0 Å². The van der Waals surface area contributed by atoms with E-state index in [1.54, 1.807) is 0 Å². The van der Waals surface area contributed by atoms with Crippen LogP contribution >= 0.6 is 0 Å². The number of aromatic nitrogens is 3. The first-order valence-electron chi connectivity index (χ1n) is 3.56. The molecule has 0 atom stereocenters. The van der Waals surface area contributed by atoms with E-state index in [1.807, 2.05) is 13.8 Å². The molecule has 0 spiro atoms. The highest BCUT2D eigenvalue weighted by atomic mass is 15.2. The summed E-state index contributed by atoms with van der Waals surface area (Å²) in [5.74, 6) is 0.125. The molecular formula is C7H14N6. The van der Waals surface area contributed by atoms with Gasteiger partial charge in [-0.3, -0.25) is 0 Å². The molecule has 72 valence electrons. The number of hydrogen-bond donors (Lipinski definition) is 3. The average molecular weight is 182 g/mol.